The molecule has 0 spiro atoms. The molecule has 1 aromatic carbocycles. The number of urea groups is 1. The van der Waals surface area contributed by atoms with E-state index in [1.807, 2.05) is 0 Å². The number of anilines is 1. The highest BCUT2D eigenvalue weighted by Crippen LogP contribution is 2.22. The Labute approximate surface area is 121 Å². The summed E-state index contributed by atoms with van der Waals surface area (Å²) in [7, 11) is 0. The summed E-state index contributed by atoms with van der Waals surface area (Å²) < 4.78 is 0. The first-order valence-corrected chi connectivity index (χ1v) is 6.58. The monoisotopic (exact) mass is 298 g/mol. The first-order valence-electron chi connectivity index (χ1n) is 6.21. The number of hydrogen-bond acceptors (Lipinski definition) is 3. The van der Waals surface area contributed by atoms with Crippen molar-refractivity contribution in [2.24, 2.45) is 5.92 Å². The largest absolute Gasteiger partial charge is 0.478 e. The lowest BCUT2D eigenvalue weighted by atomic mass is 10.1. The first kappa shape index (κ1) is 14.6. The molecule has 7 heteroatoms. The van der Waals surface area contributed by atoms with Gasteiger partial charge in [-0.2, -0.15) is 0 Å². The fourth-order valence-corrected chi connectivity index (χ4v) is 2.40. The molecule has 3 N–H and O–H groups in total. The number of benzene rings is 1. The molecule has 1 aliphatic heterocycles. The molecule has 2 rings (SSSR count). The fourth-order valence-electron chi connectivity index (χ4n) is 2.13. The number of carboxylic acid groups (broad SMARTS) is 1. The smallest absolute Gasteiger partial charge is 0.337 e. The molecule has 2 amide bonds. The Kier molecular flexibility index (Phi) is 4.46. The van der Waals surface area contributed by atoms with Crippen LogP contribution in [0.15, 0.2) is 18.2 Å². The van der Waals surface area contributed by atoms with E-state index in [0.717, 1.165) is 6.42 Å². The second-order valence-corrected chi connectivity index (χ2v) is 5.12. The second-order valence-electron chi connectivity index (χ2n) is 4.71. The van der Waals surface area contributed by atoms with Crippen molar-refractivity contribution < 1.29 is 19.8 Å². The van der Waals surface area contributed by atoms with Crippen LogP contribution >= 0.6 is 11.6 Å². The molecule has 1 atom stereocenters. The number of likely N-dealkylation sites (tertiary alicyclic amines) is 1. The van der Waals surface area contributed by atoms with Crippen LogP contribution in [-0.2, 0) is 0 Å². The zero-order valence-electron chi connectivity index (χ0n) is 10.7. The van der Waals surface area contributed by atoms with Crippen molar-refractivity contribution in [3.63, 3.8) is 0 Å². The fraction of sp³-hybridized carbons (Fsp3) is 0.385. The maximum atomic E-state index is 12.0. The molecular formula is C13H15ClN2O4. The van der Waals surface area contributed by atoms with Gasteiger partial charge in [0.25, 0.3) is 0 Å². The molecule has 0 aliphatic carbocycles. The molecule has 1 heterocycles. The lowest BCUT2D eigenvalue weighted by molar-refractivity contribution is 0.0697. The van der Waals surface area contributed by atoms with Crippen molar-refractivity contribution >= 4 is 29.3 Å². The molecule has 0 bridgehead atoms. The lowest BCUT2D eigenvalue weighted by Crippen LogP contribution is -2.33. The summed E-state index contributed by atoms with van der Waals surface area (Å²) in [6.45, 7) is 1.18. The van der Waals surface area contributed by atoms with Crippen LogP contribution in [0, 0.1) is 5.92 Å². The van der Waals surface area contributed by atoms with E-state index in [0.29, 0.717) is 18.8 Å². The Morgan fingerprint density at radius 1 is 1.45 bits per heavy atom. The summed E-state index contributed by atoms with van der Waals surface area (Å²) in [6, 6.07) is 3.97. The Morgan fingerprint density at radius 3 is 2.75 bits per heavy atom. The van der Waals surface area contributed by atoms with Gasteiger partial charge in [0.15, 0.2) is 0 Å². The summed E-state index contributed by atoms with van der Waals surface area (Å²) in [5.41, 5.74) is 0.434. The summed E-state index contributed by atoms with van der Waals surface area (Å²) in [6.07, 6.45) is 0.780. The van der Waals surface area contributed by atoms with E-state index in [1.54, 1.807) is 4.90 Å². The number of aromatic carboxylic acids is 1. The van der Waals surface area contributed by atoms with Crippen LogP contribution in [0.4, 0.5) is 10.5 Å². The molecule has 1 aromatic rings. The number of aliphatic hydroxyl groups excluding tert-OH is 1. The van der Waals surface area contributed by atoms with Gasteiger partial charge in [-0.15, -0.1) is 0 Å². The summed E-state index contributed by atoms with van der Waals surface area (Å²) in [5.74, 6) is -0.989. The van der Waals surface area contributed by atoms with Crippen LogP contribution in [0.3, 0.4) is 0 Å². The lowest BCUT2D eigenvalue weighted by Gasteiger charge is -2.17. The first-order chi connectivity index (χ1) is 9.51. The number of nitrogens with one attached hydrogen (secondary N) is 1. The van der Waals surface area contributed by atoms with E-state index < -0.39 is 5.97 Å². The van der Waals surface area contributed by atoms with E-state index in [9.17, 15) is 9.59 Å². The van der Waals surface area contributed by atoms with Gasteiger partial charge in [0.2, 0.25) is 0 Å². The van der Waals surface area contributed by atoms with Crippen LogP contribution in [0.5, 0.6) is 0 Å². The van der Waals surface area contributed by atoms with Gasteiger partial charge in [0.1, 0.15) is 0 Å². The predicted molar refractivity (Wildman–Crippen MR) is 74.2 cm³/mol. The molecule has 1 aliphatic rings. The normalized spacial score (nSPS) is 18.1. The van der Waals surface area contributed by atoms with Gasteiger partial charge >= 0.3 is 12.0 Å². The molecule has 108 valence electrons. The predicted octanol–water partition coefficient (Wildman–Crippen LogP) is 1.88. The van der Waals surface area contributed by atoms with E-state index in [-0.39, 0.29) is 29.1 Å². The maximum absolute atomic E-state index is 12.0. The standard InChI is InChI=1S/C13H15ClN2O4/c14-11-5-9(1-2-10(11)12(18)19)15-13(20)16-4-3-8(6-16)7-17/h1-2,5,8,17H,3-4,6-7H2,(H,15,20)(H,18,19). The number of aliphatic hydroxyl groups is 1. The van der Waals surface area contributed by atoms with Gasteiger partial charge in [-0.1, -0.05) is 11.6 Å². The number of halogens is 1. The van der Waals surface area contributed by atoms with E-state index in [4.69, 9.17) is 21.8 Å². The van der Waals surface area contributed by atoms with Gasteiger partial charge in [0.05, 0.1) is 10.6 Å². The number of carboxylic acids is 1. The van der Waals surface area contributed by atoms with Crippen LogP contribution < -0.4 is 5.32 Å². The summed E-state index contributed by atoms with van der Waals surface area (Å²) in [4.78, 5) is 24.4. The minimum Gasteiger partial charge on any atom is -0.478 e. The van der Waals surface area contributed by atoms with Crippen LogP contribution in [-0.4, -0.2) is 46.8 Å². The average molecular weight is 299 g/mol. The number of rotatable bonds is 3. The maximum Gasteiger partial charge on any atom is 0.337 e. The van der Waals surface area contributed by atoms with Gasteiger partial charge < -0.3 is 20.4 Å². The average Bonchev–Trinajstić information content (AvgIpc) is 2.87. The third kappa shape index (κ3) is 3.20. The van der Waals surface area contributed by atoms with Gasteiger partial charge in [-0.05, 0) is 24.6 Å². The molecular weight excluding hydrogens is 284 g/mol. The Morgan fingerprint density at radius 2 is 2.20 bits per heavy atom. The highest BCUT2D eigenvalue weighted by atomic mass is 35.5. The Bertz CT molecular complexity index is 535. The van der Waals surface area contributed by atoms with Crippen molar-refractivity contribution in [3.05, 3.63) is 28.8 Å². The molecule has 20 heavy (non-hydrogen) atoms. The molecule has 1 unspecified atom stereocenters. The quantitative estimate of drug-likeness (QED) is 0.795. The van der Waals surface area contributed by atoms with E-state index in [1.165, 1.54) is 18.2 Å². The highest BCUT2D eigenvalue weighted by molar-refractivity contribution is 6.33. The van der Waals surface area contributed by atoms with Crippen molar-refractivity contribution in [2.45, 2.75) is 6.42 Å². The Hall–Kier alpha value is -1.79. The van der Waals surface area contributed by atoms with Crippen LogP contribution in [0.2, 0.25) is 5.02 Å². The summed E-state index contributed by atoms with van der Waals surface area (Å²) >= 11 is 5.83. The molecule has 1 fully saturated rings. The SMILES string of the molecule is O=C(O)c1ccc(NC(=O)N2CCC(CO)C2)cc1Cl. The number of nitrogens with zero attached hydrogens (tertiary/aromatic N) is 1. The second kappa shape index (κ2) is 6.11. The summed E-state index contributed by atoms with van der Waals surface area (Å²) in [5, 5.41) is 20.6. The minimum absolute atomic E-state index is 0.00816. The zero-order chi connectivity index (χ0) is 14.7. The van der Waals surface area contributed by atoms with Crippen molar-refractivity contribution in [1.29, 1.82) is 0 Å². The Balaban J connectivity index is 2.02. The van der Waals surface area contributed by atoms with Crippen molar-refractivity contribution in [3.8, 4) is 0 Å². The van der Waals surface area contributed by atoms with E-state index >= 15 is 0 Å². The van der Waals surface area contributed by atoms with E-state index in [2.05, 4.69) is 5.32 Å². The molecule has 6 nitrogen and oxygen atoms in total. The van der Waals surface area contributed by atoms with Crippen LogP contribution in [0.1, 0.15) is 16.8 Å². The number of carbonyl (C=O) groups excluding carboxylic acids is 1. The highest BCUT2D eigenvalue weighted by Gasteiger charge is 2.25. The van der Waals surface area contributed by atoms with Gasteiger partial charge in [-0.25, -0.2) is 9.59 Å². The minimum atomic E-state index is -1.11. The number of carbonyl (C=O) groups is 2. The van der Waals surface area contributed by atoms with Gasteiger partial charge in [0, 0.05) is 31.3 Å². The molecule has 0 radical (unpaired) electrons. The van der Waals surface area contributed by atoms with Crippen LogP contribution in [0.25, 0.3) is 0 Å². The van der Waals surface area contributed by atoms with Crippen molar-refractivity contribution in [1.82, 2.24) is 4.90 Å². The number of amides is 2. The third-order valence-electron chi connectivity index (χ3n) is 3.28. The van der Waals surface area contributed by atoms with Gasteiger partial charge in [-0.3, -0.25) is 0 Å². The molecule has 0 aromatic heterocycles. The third-order valence-corrected chi connectivity index (χ3v) is 3.59. The number of hydrogen-bond donors (Lipinski definition) is 3. The molecule has 1 saturated heterocycles. The molecule has 0 saturated carbocycles. The van der Waals surface area contributed by atoms with Crippen molar-refractivity contribution in [2.75, 3.05) is 25.0 Å². The topological polar surface area (TPSA) is 89.9 Å². The zero-order valence-corrected chi connectivity index (χ0v) is 11.4.